The van der Waals surface area contributed by atoms with Crippen LogP contribution in [0.15, 0.2) is 18.2 Å². The summed E-state index contributed by atoms with van der Waals surface area (Å²) in [6, 6.07) is 6.07. The van der Waals surface area contributed by atoms with Crippen molar-refractivity contribution in [1.29, 1.82) is 0 Å². The van der Waals surface area contributed by atoms with Crippen molar-refractivity contribution < 1.29 is 4.79 Å². The van der Waals surface area contributed by atoms with Crippen molar-refractivity contribution in [3.8, 4) is 0 Å². The highest BCUT2D eigenvalue weighted by Gasteiger charge is 2.21. The first-order valence-corrected chi connectivity index (χ1v) is 6.91. The molecule has 1 heterocycles. The first-order valence-electron chi connectivity index (χ1n) is 6.53. The third-order valence-electron chi connectivity index (χ3n) is 3.45. The Kier molecular flexibility index (Phi) is 4.80. The number of likely N-dealkylation sites (N-methyl/N-ethyl adjacent to an activating group) is 1. The number of benzene rings is 1. The molecule has 1 saturated heterocycles. The van der Waals surface area contributed by atoms with Crippen molar-refractivity contribution in [2.45, 2.75) is 19.4 Å². The third kappa shape index (κ3) is 3.93. The zero-order valence-corrected chi connectivity index (χ0v) is 12.1. The van der Waals surface area contributed by atoms with Crippen LogP contribution in [0.5, 0.6) is 0 Å². The molecule has 2 rings (SSSR count). The minimum Gasteiger partial charge on any atom is -0.324 e. The number of amides is 1. The van der Waals surface area contributed by atoms with Gasteiger partial charge in [-0.25, -0.2) is 0 Å². The van der Waals surface area contributed by atoms with Gasteiger partial charge in [0, 0.05) is 12.6 Å². The first kappa shape index (κ1) is 14.3. The fourth-order valence-corrected chi connectivity index (χ4v) is 2.56. The topological polar surface area (TPSA) is 44.4 Å². The van der Waals surface area contributed by atoms with E-state index >= 15 is 0 Å². The van der Waals surface area contributed by atoms with E-state index in [1.165, 1.54) is 0 Å². The highest BCUT2D eigenvalue weighted by Crippen LogP contribution is 2.22. The molecular weight excluding hydrogens is 262 g/mol. The van der Waals surface area contributed by atoms with E-state index in [0.29, 0.717) is 23.3 Å². The van der Waals surface area contributed by atoms with E-state index in [2.05, 4.69) is 15.5 Å². The summed E-state index contributed by atoms with van der Waals surface area (Å²) in [5.74, 6) is -0.0276. The average Bonchev–Trinajstić information content (AvgIpc) is 2.86. The summed E-state index contributed by atoms with van der Waals surface area (Å²) in [5.41, 5.74) is 1.76. The van der Waals surface area contributed by atoms with Gasteiger partial charge < -0.3 is 10.6 Å². The van der Waals surface area contributed by atoms with Gasteiger partial charge in [-0.2, -0.15) is 0 Å². The van der Waals surface area contributed by atoms with E-state index in [1.807, 2.05) is 32.2 Å². The van der Waals surface area contributed by atoms with Gasteiger partial charge in [0.05, 0.1) is 17.3 Å². The Balaban J connectivity index is 1.89. The Morgan fingerprint density at radius 2 is 2.37 bits per heavy atom. The predicted octanol–water partition coefficient (Wildman–Crippen LogP) is 1.88. The number of aryl methyl sites for hydroxylation is 1. The molecule has 1 atom stereocenters. The Morgan fingerprint density at radius 1 is 1.58 bits per heavy atom. The summed E-state index contributed by atoms with van der Waals surface area (Å²) in [5, 5.41) is 6.74. The molecule has 104 valence electrons. The summed E-state index contributed by atoms with van der Waals surface area (Å²) >= 11 is 6.10. The maximum Gasteiger partial charge on any atom is 0.238 e. The second kappa shape index (κ2) is 6.37. The zero-order valence-electron chi connectivity index (χ0n) is 11.4. The largest absolute Gasteiger partial charge is 0.324 e. The standard InChI is InChI=1S/C14H20ClN3O/c1-10-3-4-13(12(15)7-10)17-14(19)9-18(2)11-5-6-16-8-11/h3-4,7,11,16H,5-6,8-9H2,1-2H3,(H,17,19). The van der Waals surface area contributed by atoms with Crippen LogP contribution in [0.2, 0.25) is 5.02 Å². The molecule has 0 saturated carbocycles. The summed E-state index contributed by atoms with van der Waals surface area (Å²) in [6.45, 7) is 4.34. The Labute approximate surface area is 119 Å². The summed E-state index contributed by atoms with van der Waals surface area (Å²) in [4.78, 5) is 14.1. The minimum atomic E-state index is -0.0276. The molecule has 1 amide bonds. The lowest BCUT2D eigenvalue weighted by molar-refractivity contribution is -0.117. The smallest absolute Gasteiger partial charge is 0.238 e. The van der Waals surface area contributed by atoms with Gasteiger partial charge in [0.15, 0.2) is 0 Å². The van der Waals surface area contributed by atoms with Crippen LogP contribution in [0.3, 0.4) is 0 Å². The number of carbonyl (C=O) groups is 1. The van der Waals surface area contributed by atoms with Crippen molar-refractivity contribution in [1.82, 2.24) is 10.2 Å². The molecule has 2 N–H and O–H groups in total. The number of rotatable bonds is 4. The van der Waals surface area contributed by atoms with Crippen molar-refractivity contribution in [2.24, 2.45) is 0 Å². The van der Waals surface area contributed by atoms with Crippen molar-refractivity contribution in [3.63, 3.8) is 0 Å². The Hall–Kier alpha value is -1.10. The lowest BCUT2D eigenvalue weighted by Gasteiger charge is -2.22. The van der Waals surface area contributed by atoms with Crippen LogP contribution in [-0.2, 0) is 4.79 Å². The maximum absolute atomic E-state index is 12.0. The average molecular weight is 282 g/mol. The first-order chi connectivity index (χ1) is 9.06. The number of nitrogens with zero attached hydrogens (tertiary/aromatic N) is 1. The number of anilines is 1. The highest BCUT2D eigenvalue weighted by atomic mass is 35.5. The van der Waals surface area contributed by atoms with Gasteiger partial charge in [-0.05, 0) is 44.6 Å². The normalized spacial score (nSPS) is 18.8. The number of hydrogen-bond donors (Lipinski definition) is 2. The van der Waals surface area contributed by atoms with Gasteiger partial charge in [0.25, 0.3) is 0 Å². The molecule has 1 aromatic rings. The second-order valence-electron chi connectivity index (χ2n) is 5.09. The monoisotopic (exact) mass is 281 g/mol. The maximum atomic E-state index is 12.0. The molecule has 1 fully saturated rings. The van der Waals surface area contributed by atoms with E-state index in [-0.39, 0.29) is 5.91 Å². The molecule has 0 radical (unpaired) electrons. The van der Waals surface area contributed by atoms with Gasteiger partial charge in [-0.15, -0.1) is 0 Å². The van der Waals surface area contributed by atoms with Gasteiger partial charge >= 0.3 is 0 Å². The SMILES string of the molecule is Cc1ccc(NC(=O)CN(C)C2CCNC2)c(Cl)c1. The van der Waals surface area contributed by atoms with Crippen molar-refractivity contribution >= 4 is 23.2 Å². The number of carbonyl (C=O) groups excluding carboxylic acids is 1. The molecule has 1 aromatic carbocycles. The van der Waals surface area contributed by atoms with Gasteiger partial charge in [-0.3, -0.25) is 9.69 Å². The van der Waals surface area contributed by atoms with E-state index < -0.39 is 0 Å². The van der Waals surface area contributed by atoms with Crippen LogP contribution in [-0.4, -0.2) is 43.5 Å². The number of hydrogen-bond acceptors (Lipinski definition) is 3. The van der Waals surface area contributed by atoms with Gasteiger partial charge in [0.1, 0.15) is 0 Å². The minimum absolute atomic E-state index is 0.0276. The van der Waals surface area contributed by atoms with E-state index in [9.17, 15) is 4.79 Å². The van der Waals surface area contributed by atoms with Gasteiger partial charge in [-0.1, -0.05) is 17.7 Å². The lowest BCUT2D eigenvalue weighted by Crippen LogP contribution is -2.39. The quantitative estimate of drug-likeness (QED) is 0.886. The third-order valence-corrected chi connectivity index (χ3v) is 3.76. The van der Waals surface area contributed by atoms with Crippen molar-refractivity contribution in [2.75, 3.05) is 32.0 Å². The second-order valence-corrected chi connectivity index (χ2v) is 5.50. The highest BCUT2D eigenvalue weighted by molar-refractivity contribution is 6.33. The van der Waals surface area contributed by atoms with Crippen LogP contribution in [0.25, 0.3) is 0 Å². The molecular formula is C14H20ClN3O. The van der Waals surface area contributed by atoms with Crippen molar-refractivity contribution in [3.05, 3.63) is 28.8 Å². The predicted molar refractivity (Wildman–Crippen MR) is 78.7 cm³/mol. The molecule has 0 spiro atoms. The molecule has 5 heteroatoms. The molecule has 1 aliphatic rings. The van der Waals surface area contributed by atoms with E-state index in [4.69, 9.17) is 11.6 Å². The molecule has 4 nitrogen and oxygen atoms in total. The Morgan fingerprint density at radius 3 is 3.00 bits per heavy atom. The summed E-state index contributed by atoms with van der Waals surface area (Å²) in [6.07, 6.45) is 1.09. The van der Waals surface area contributed by atoms with Crippen LogP contribution < -0.4 is 10.6 Å². The molecule has 19 heavy (non-hydrogen) atoms. The van der Waals surface area contributed by atoms with Crippen LogP contribution >= 0.6 is 11.6 Å². The molecule has 0 aliphatic carbocycles. The van der Waals surface area contributed by atoms with Crippen LogP contribution in [0, 0.1) is 6.92 Å². The van der Waals surface area contributed by atoms with Crippen LogP contribution in [0.1, 0.15) is 12.0 Å². The van der Waals surface area contributed by atoms with E-state index in [0.717, 1.165) is 25.1 Å². The number of nitrogens with one attached hydrogen (secondary N) is 2. The van der Waals surface area contributed by atoms with Crippen LogP contribution in [0.4, 0.5) is 5.69 Å². The lowest BCUT2D eigenvalue weighted by atomic mass is 10.2. The molecule has 1 unspecified atom stereocenters. The van der Waals surface area contributed by atoms with Gasteiger partial charge in [0.2, 0.25) is 5.91 Å². The van der Waals surface area contributed by atoms with E-state index in [1.54, 1.807) is 0 Å². The molecule has 0 aromatic heterocycles. The summed E-state index contributed by atoms with van der Waals surface area (Å²) in [7, 11) is 1.98. The zero-order chi connectivity index (χ0) is 13.8. The Bertz CT molecular complexity index is 458. The number of halogens is 1. The molecule has 1 aliphatic heterocycles. The fraction of sp³-hybridized carbons (Fsp3) is 0.500. The fourth-order valence-electron chi connectivity index (χ4n) is 2.28. The summed E-state index contributed by atoms with van der Waals surface area (Å²) < 4.78 is 0. The molecule has 0 bridgehead atoms.